The number of nitrogens with one attached hydrogen (secondary N) is 1. The van der Waals surface area contributed by atoms with E-state index < -0.39 is 0 Å². The van der Waals surface area contributed by atoms with Crippen molar-refractivity contribution in [2.75, 3.05) is 19.4 Å². The molecule has 0 aliphatic carbocycles. The Labute approximate surface area is 148 Å². The van der Waals surface area contributed by atoms with E-state index in [2.05, 4.69) is 69.8 Å². The van der Waals surface area contributed by atoms with Crippen LogP contribution < -0.4 is 5.32 Å². The normalized spacial score (nSPS) is 12.0. The molecule has 1 N–H and O–H groups in total. The maximum Gasteiger partial charge on any atom is 0.100 e. The fourth-order valence-electron chi connectivity index (χ4n) is 2.83. The molecule has 0 atom stereocenters. The number of anilines is 1. The molecule has 0 spiro atoms. The van der Waals surface area contributed by atoms with Crippen LogP contribution in [0.4, 0.5) is 5.69 Å². The van der Waals surface area contributed by atoms with Gasteiger partial charge in [0.05, 0.1) is 11.0 Å². The minimum Gasteiger partial charge on any atom is -0.388 e. The lowest BCUT2D eigenvalue weighted by atomic mass is 10.1. The molecule has 3 rings (SSSR count). The highest BCUT2D eigenvalue weighted by molar-refractivity contribution is 5.87. The van der Waals surface area contributed by atoms with Crippen LogP contribution >= 0.6 is 0 Å². The minimum atomic E-state index is 0.972. The first-order valence-electron chi connectivity index (χ1n) is 8.19. The van der Waals surface area contributed by atoms with Crippen LogP contribution in [-0.4, -0.2) is 29.9 Å². The van der Waals surface area contributed by atoms with Crippen LogP contribution in [0.2, 0.25) is 0 Å². The van der Waals surface area contributed by atoms with Gasteiger partial charge in [0.25, 0.3) is 0 Å². The van der Waals surface area contributed by atoms with Crippen molar-refractivity contribution in [3.63, 3.8) is 0 Å². The molecule has 3 aromatic rings. The summed E-state index contributed by atoms with van der Waals surface area (Å²) in [6.45, 7) is 5.95. The lowest BCUT2D eigenvalue weighted by molar-refractivity contribution is 1.09. The second-order valence-corrected chi connectivity index (χ2v) is 5.80. The van der Waals surface area contributed by atoms with Crippen molar-refractivity contribution in [1.29, 1.82) is 0 Å². The lowest BCUT2D eigenvalue weighted by Crippen LogP contribution is -1.97. The second kappa shape index (κ2) is 7.18. The quantitative estimate of drug-likeness (QED) is 0.682. The van der Waals surface area contributed by atoms with E-state index in [4.69, 9.17) is 0 Å². The molecule has 0 aliphatic rings. The van der Waals surface area contributed by atoms with Gasteiger partial charge in [0.15, 0.2) is 0 Å². The first kappa shape index (κ1) is 16.7. The Balaban J connectivity index is 2.12. The van der Waals surface area contributed by atoms with E-state index in [0.717, 1.165) is 39.1 Å². The van der Waals surface area contributed by atoms with Gasteiger partial charge < -0.3 is 5.32 Å². The standard InChI is InChI=1S/C21H22N4/c1-5-16-6-8-18(13-20(16)23-4)25-14-24-19-9-7-17(12-21(19)25)15(2)10-11-22-3/h5-14,23H,1H2,2-4H3/b15-10+,22-11?. The van der Waals surface area contributed by atoms with Crippen molar-refractivity contribution in [2.45, 2.75) is 6.92 Å². The Kier molecular flexibility index (Phi) is 4.80. The number of aromatic nitrogens is 2. The summed E-state index contributed by atoms with van der Waals surface area (Å²) < 4.78 is 2.10. The number of aliphatic imine (C=N–C) groups is 1. The molecule has 0 fully saturated rings. The number of fused-ring (bicyclic) bond motifs is 1. The first-order chi connectivity index (χ1) is 12.2. The van der Waals surface area contributed by atoms with Crippen molar-refractivity contribution < 1.29 is 0 Å². The zero-order valence-electron chi connectivity index (χ0n) is 14.8. The smallest absolute Gasteiger partial charge is 0.100 e. The Morgan fingerprint density at radius 2 is 2.08 bits per heavy atom. The molecule has 0 unspecified atom stereocenters. The first-order valence-corrected chi connectivity index (χ1v) is 8.19. The topological polar surface area (TPSA) is 42.2 Å². The van der Waals surface area contributed by atoms with E-state index >= 15 is 0 Å². The van der Waals surface area contributed by atoms with Crippen molar-refractivity contribution in [3.05, 3.63) is 66.5 Å². The number of hydrogen-bond donors (Lipinski definition) is 1. The van der Waals surface area contributed by atoms with Crippen LogP contribution in [0.3, 0.4) is 0 Å². The average molecular weight is 330 g/mol. The minimum absolute atomic E-state index is 0.972. The fraction of sp³-hybridized carbons (Fsp3) is 0.143. The predicted octanol–water partition coefficient (Wildman–Crippen LogP) is 4.81. The third-order valence-electron chi connectivity index (χ3n) is 4.28. The highest BCUT2D eigenvalue weighted by Crippen LogP contribution is 2.26. The Morgan fingerprint density at radius 1 is 1.24 bits per heavy atom. The van der Waals surface area contributed by atoms with Crippen LogP contribution in [0.5, 0.6) is 0 Å². The molecule has 0 saturated heterocycles. The third kappa shape index (κ3) is 3.24. The fourth-order valence-corrected chi connectivity index (χ4v) is 2.83. The summed E-state index contributed by atoms with van der Waals surface area (Å²) in [6, 6.07) is 12.6. The molecule has 126 valence electrons. The summed E-state index contributed by atoms with van der Waals surface area (Å²) >= 11 is 0. The van der Waals surface area contributed by atoms with Crippen LogP contribution in [0.25, 0.3) is 28.4 Å². The van der Waals surface area contributed by atoms with E-state index in [1.807, 2.05) is 31.7 Å². The molecule has 1 aromatic heterocycles. The SMILES string of the molecule is C=Cc1ccc(-n2cnc3ccc(/C(C)=C/C=NC)cc32)cc1NC. The molecule has 0 bridgehead atoms. The second-order valence-electron chi connectivity index (χ2n) is 5.80. The molecule has 0 saturated carbocycles. The molecule has 0 aliphatic heterocycles. The van der Waals surface area contributed by atoms with Crippen LogP contribution in [0.15, 0.2) is 60.4 Å². The van der Waals surface area contributed by atoms with E-state index in [9.17, 15) is 0 Å². The van der Waals surface area contributed by atoms with Gasteiger partial charge in [-0.2, -0.15) is 0 Å². The number of benzene rings is 2. The predicted molar refractivity (Wildman–Crippen MR) is 109 cm³/mol. The summed E-state index contributed by atoms with van der Waals surface area (Å²) in [5.74, 6) is 0. The summed E-state index contributed by atoms with van der Waals surface area (Å²) in [5, 5.41) is 3.22. The van der Waals surface area contributed by atoms with E-state index in [-0.39, 0.29) is 0 Å². The molecule has 0 amide bonds. The van der Waals surface area contributed by atoms with Crippen molar-refractivity contribution in [1.82, 2.24) is 9.55 Å². The van der Waals surface area contributed by atoms with Gasteiger partial charge in [-0.15, -0.1) is 0 Å². The monoisotopic (exact) mass is 330 g/mol. The van der Waals surface area contributed by atoms with Crippen LogP contribution in [0.1, 0.15) is 18.1 Å². The van der Waals surface area contributed by atoms with Gasteiger partial charge in [0, 0.05) is 31.7 Å². The molecule has 4 nitrogen and oxygen atoms in total. The van der Waals surface area contributed by atoms with Crippen molar-refractivity contribution in [2.24, 2.45) is 4.99 Å². The summed E-state index contributed by atoms with van der Waals surface area (Å²) in [7, 11) is 3.69. The summed E-state index contributed by atoms with van der Waals surface area (Å²) in [4.78, 5) is 8.55. The number of nitrogens with zero attached hydrogens (tertiary/aromatic N) is 3. The number of rotatable bonds is 5. The molecule has 4 heteroatoms. The maximum absolute atomic E-state index is 4.53. The van der Waals surface area contributed by atoms with E-state index in [0.29, 0.717) is 0 Å². The molecule has 2 aromatic carbocycles. The van der Waals surface area contributed by atoms with Gasteiger partial charge in [0.2, 0.25) is 0 Å². The number of hydrogen-bond acceptors (Lipinski definition) is 3. The largest absolute Gasteiger partial charge is 0.388 e. The van der Waals surface area contributed by atoms with Gasteiger partial charge in [-0.25, -0.2) is 4.98 Å². The summed E-state index contributed by atoms with van der Waals surface area (Å²) in [6.07, 6.45) is 7.54. The van der Waals surface area contributed by atoms with Gasteiger partial charge in [-0.1, -0.05) is 24.8 Å². The van der Waals surface area contributed by atoms with Gasteiger partial charge in [0.1, 0.15) is 6.33 Å². The van der Waals surface area contributed by atoms with Crippen LogP contribution in [-0.2, 0) is 0 Å². The zero-order valence-corrected chi connectivity index (χ0v) is 14.8. The molecule has 1 heterocycles. The Morgan fingerprint density at radius 3 is 2.80 bits per heavy atom. The zero-order chi connectivity index (χ0) is 17.8. The molecule has 0 radical (unpaired) electrons. The number of imidazole rings is 1. The lowest BCUT2D eigenvalue weighted by Gasteiger charge is -2.11. The average Bonchev–Trinajstić information content (AvgIpc) is 3.08. The van der Waals surface area contributed by atoms with E-state index in [1.54, 1.807) is 7.05 Å². The maximum atomic E-state index is 4.53. The van der Waals surface area contributed by atoms with Gasteiger partial charge in [-0.3, -0.25) is 9.56 Å². The van der Waals surface area contributed by atoms with Crippen LogP contribution in [0, 0.1) is 0 Å². The highest BCUT2D eigenvalue weighted by atomic mass is 15.0. The highest BCUT2D eigenvalue weighted by Gasteiger charge is 2.08. The Bertz CT molecular complexity index is 977. The van der Waals surface area contributed by atoms with Gasteiger partial charge >= 0.3 is 0 Å². The Hall–Kier alpha value is -3.14. The van der Waals surface area contributed by atoms with Gasteiger partial charge in [-0.05, 0) is 54.0 Å². The molecule has 25 heavy (non-hydrogen) atoms. The number of allylic oxidation sites excluding steroid dienone is 2. The summed E-state index contributed by atoms with van der Waals surface area (Å²) in [5.41, 5.74) is 7.55. The molecular formula is C21H22N4. The molecular weight excluding hydrogens is 308 g/mol. The third-order valence-corrected chi connectivity index (χ3v) is 4.28. The van der Waals surface area contributed by atoms with Crippen molar-refractivity contribution >= 4 is 34.6 Å². The van der Waals surface area contributed by atoms with Crippen molar-refractivity contribution in [3.8, 4) is 5.69 Å². The van der Waals surface area contributed by atoms with E-state index in [1.165, 1.54) is 0 Å².